The smallest absolute Gasteiger partial charge is 0.000718 e. The lowest BCUT2D eigenvalue weighted by atomic mass is 9.81. The van der Waals surface area contributed by atoms with E-state index in [1.54, 1.807) is 0 Å². The predicted molar refractivity (Wildman–Crippen MR) is 342 cm³/mol. The Morgan fingerprint density at radius 2 is 0.438 bits per heavy atom. The maximum Gasteiger partial charge on any atom is -0.000718 e. The van der Waals surface area contributed by atoms with E-state index < -0.39 is 0 Å². The van der Waals surface area contributed by atoms with Crippen LogP contribution in [0.2, 0.25) is 0 Å². The minimum atomic E-state index is 1.22. The minimum Gasteiger partial charge on any atom is -0.0622 e. The van der Waals surface area contributed by atoms with Crippen molar-refractivity contribution in [3.05, 3.63) is 279 Å². The van der Waals surface area contributed by atoms with Crippen LogP contribution in [0.15, 0.2) is 279 Å². The first kappa shape index (κ1) is 43.7. The molecule has 0 aromatic heterocycles. The van der Waals surface area contributed by atoms with Crippen LogP contribution in [0.1, 0.15) is 0 Å². The topological polar surface area (TPSA) is 0 Å². The number of hydrogen-bond donors (Lipinski definition) is 0. The van der Waals surface area contributed by atoms with E-state index in [4.69, 9.17) is 0 Å². The highest BCUT2D eigenvalue weighted by atomic mass is 14.4. The Morgan fingerprint density at radius 3 is 0.912 bits per heavy atom. The van der Waals surface area contributed by atoms with E-state index >= 15 is 0 Å². The van der Waals surface area contributed by atoms with Gasteiger partial charge in [0.2, 0.25) is 0 Å². The molecule has 0 amide bonds. The summed E-state index contributed by atoms with van der Waals surface area (Å²) < 4.78 is 0. The SMILES string of the molecule is c1ccc(-c2ccccc2-c2c3c(c(-c4ccccc4)c4ccccc24)-c2ccc4c5ccc6c7c(ccc(c8ccc-3c2c48)c75)-c2cc3c(-c4ccccc4)c4ccccc4c(-c4ccccc4-c4ccccc4)c3cc2-6)cc1. The van der Waals surface area contributed by atoms with E-state index in [1.807, 2.05) is 0 Å². The zero-order chi connectivity index (χ0) is 52.2. The highest BCUT2D eigenvalue weighted by Crippen LogP contribution is 2.62. The van der Waals surface area contributed by atoms with Gasteiger partial charge in [-0.1, -0.05) is 267 Å². The number of benzene rings is 16. The van der Waals surface area contributed by atoms with E-state index in [0.717, 1.165) is 0 Å². The summed E-state index contributed by atoms with van der Waals surface area (Å²) in [7, 11) is 0. The van der Waals surface area contributed by atoms with Crippen LogP contribution in [0.4, 0.5) is 0 Å². The fraction of sp³-hybridized carbons (Fsp3) is 0. The molecule has 0 atom stereocenters. The Hall–Kier alpha value is -10.4. The van der Waals surface area contributed by atoms with Crippen molar-refractivity contribution in [2.24, 2.45) is 0 Å². The molecule has 0 nitrogen and oxygen atoms in total. The Kier molecular flexibility index (Phi) is 9.04. The van der Waals surface area contributed by atoms with Crippen molar-refractivity contribution in [2.75, 3.05) is 0 Å². The Bertz CT molecular complexity index is 5280. The van der Waals surface area contributed by atoms with Crippen LogP contribution in [-0.4, -0.2) is 0 Å². The molecule has 0 N–H and O–H groups in total. The lowest BCUT2D eigenvalue weighted by Crippen LogP contribution is -1.95. The first-order chi connectivity index (χ1) is 39.8. The summed E-state index contributed by atoms with van der Waals surface area (Å²) >= 11 is 0. The van der Waals surface area contributed by atoms with Crippen molar-refractivity contribution in [1.29, 1.82) is 0 Å². The first-order valence-corrected chi connectivity index (χ1v) is 28.0. The molecule has 2 aliphatic rings. The van der Waals surface area contributed by atoms with Crippen LogP contribution in [-0.2, 0) is 0 Å². The normalized spacial score (nSPS) is 12.2. The van der Waals surface area contributed by atoms with Crippen molar-refractivity contribution in [1.82, 2.24) is 0 Å². The summed E-state index contributed by atoms with van der Waals surface area (Å²) in [6.45, 7) is 0. The highest BCUT2D eigenvalue weighted by Gasteiger charge is 2.34. The lowest BCUT2D eigenvalue weighted by Gasteiger charge is -2.22. The fourth-order valence-electron chi connectivity index (χ4n) is 14.9. The Morgan fingerprint density at radius 1 is 0.125 bits per heavy atom. The molecule has 0 aliphatic heterocycles. The molecule has 16 aromatic carbocycles. The zero-order valence-electron chi connectivity index (χ0n) is 43.6. The van der Waals surface area contributed by atoms with Crippen LogP contribution >= 0.6 is 0 Å². The van der Waals surface area contributed by atoms with Crippen LogP contribution in [0.3, 0.4) is 0 Å². The Balaban J connectivity index is 0.923. The molecular weight excluding hydrogens is 961 g/mol. The number of fused-ring (bicyclic) bond motifs is 11. The molecule has 0 heteroatoms. The lowest BCUT2D eigenvalue weighted by molar-refractivity contribution is 1.59. The van der Waals surface area contributed by atoms with Crippen molar-refractivity contribution >= 4 is 75.4 Å². The zero-order valence-corrected chi connectivity index (χ0v) is 43.6. The van der Waals surface area contributed by atoms with Gasteiger partial charge in [0, 0.05) is 0 Å². The van der Waals surface area contributed by atoms with Crippen molar-refractivity contribution in [2.45, 2.75) is 0 Å². The van der Waals surface area contributed by atoms with E-state index in [-0.39, 0.29) is 0 Å². The van der Waals surface area contributed by atoms with Crippen molar-refractivity contribution in [3.8, 4) is 111 Å². The Labute approximate surface area is 463 Å². The van der Waals surface area contributed by atoms with Gasteiger partial charge in [-0.15, -0.1) is 0 Å². The molecule has 0 bridgehead atoms. The maximum absolute atomic E-state index is 2.55. The van der Waals surface area contributed by atoms with Gasteiger partial charge in [-0.2, -0.15) is 0 Å². The third-order valence-electron chi connectivity index (χ3n) is 18.1. The van der Waals surface area contributed by atoms with Crippen molar-refractivity contribution in [3.63, 3.8) is 0 Å². The second-order valence-electron chi connectivity index (χ2n) is 22.0. The van der Waals surface area contributed by atoms with Gasteiger partial charge in [0.25, 0.3) is 0 Å². The van der Waals surface area contributed by atoms with Crippen LogP contribution < -0.4 is 0 Å². The number of rotatable bonds is 6. The number of hydrogen-bond acceptors (Lipinski definition) is 0. The molecular formula is C80H46. The quantitative estimate of drug-likeness (QED) is 0.115. The van der Waals surface area contributed by atoms with Gasteiger partial charge in [0.05, 0.1) is 0 Å². The van der Waals surface area contributed by atoms with Crippen LogP contribution in [0.25, 0.3) is 187 Å². The molecule has 2 aliphatic carbocycles. The van der Waals surface area contributed by atoms with Crippen molar-refractivity contribution < 1.29 is 0 Å². The third-order valence-corrected chi connectivity index (χ3v) is 18.1. The monoisotopic (exact) mass is 1010 g/mol. The van der Waals surface area contributed by atoms with Crippen LogP contribution in [0, 0.1) is 0 Å². The van der Waals surface area contributed by atoms with Gasteiger partial charge in [0.1, 0.15) is 0 Å². The largest absolute Gasteiger partial charge is 0.0622 e. The van der Waals surface area contributed by atoms with Gasteiger partial charge < -0.3 is 0 Å². The average Bonchev–Trinajstić information content (AvgIpc) is 4.18. The van der Waals surface area contributed by atoms with Gasteiger partial charge in [-0.3, -0.25) is 0 Å². The summed E-state index contributed by atoms with van der Waals surface area (Å²) in [4.78, 5) is 0. The second kappa shape index (κ2) is 16.6. The van der Waals surface area contributed by atoms with Gasteiger partial charge in [-0.25, -0.2) is 0 Å². The fourth-order valence-corrected chi connectivity index (χ4v) is 14.9. The molecule has 0 fully saturated rings. The predicted octanol–water partition coefficient (Wildman–Crippen LogP) is 22.5. The van der Waals surface area contributed by atoms with E-state index in [9.17, 15) is 0 Å². The molecule has 0 saturated carbocycles. The summed E-state index contributed by atoms with van der Waals surface area (Å²) in [6, 6.07) is 105. The average molecular weight is 1010 g/mol. The third kappa shape index (κ3) is 5.89. The molecule has 0 heterocycles. The summed E-state index contributed by atoms with van der Waals surface area (Å²) in [6.07, 6.45) is 0. The summed E-state index contributed by atoms with van der Waals surface area (Å²) in [5.41, 5.74) is 25.5. The highest BCUT2D eigenvalue weighted by molar-refractivity contribution is 6.42. The summed E-state index contributed by atoms with van der Waals surface area (Å²) in [5.74, 6) is 0. The maximum atomic E-state index is 2.55. The van der Waals surface area contributed by atoms with Gasteiger partial charge >= 0.3 is 0 Å². The van der Waals surface area contributed by atoms with E-state index in [1.165, 1.54) is 187 Å². The van der Waals surface area contributed by atoms with E-state index in [0.29, 0.717) is 0 Å². The molecule has 0 saturated heterocycles. The molecule has 80 heavy (non-hydrogen) atoms. The minimum absolute atomic E-state index is 1.22. The standard InChI is InChI=1S/C80H46/c1-5-21-47(22-6-1)51-29-13-15-31-53(51)73-57-35-19-17-33-55(57)71(49-25-9-3-10-26-49)69-45-67-63-39-37-60-62-42-44-66-78-65(43-41-61(75(62)78)59-38-40-64(76(63)74(59)60)68(67)46-70(69)73)79-72(50-27-11-4-12-28-50)56-34-18-20-36-58(56)77(80(66)79)54-32-16-14-30-52(54)48-23-7-2-8-24-48/h1-46H. The molecule has 16 aromatic rings. The molecule has 0 radical (unpaired) electrons. The first-order valence-electron chi connectivity index (χ1n) is 28.0. The van der Waals surface area contributed by atoms with Gasteiger partial charge in [-0.05, 0) is 199 Å². The molecule has 0 unspecified atom stereocenters. The van der Waals surface area contributed by atoms with E-state index in [2.05, 4.69) is 279 Å². The molecule has 18 rings (SSSR count). The molecule has 366 valence electrons. The molecule has 0 spiro atoms. The van der Waals surface area contributed by atoms with Gasteiger partial charge in [0.15, 0.2) is 0 Å². The second-order valence-corrected chi connectivity index (χ2v) is 22.0. The van der Waals surface area contributed by atoms with Crippen LogP contribution in [0.5, 0.6) is 0 Å². The summed E-state index contributed by atoms with van der Waals surface area (Å²) in [5, 5.41) is 18.2.